The standard InChI is InChI=1S/C17H24N2O5S/c1-12(2)15(17(21)22)18-16(20)13-6-8-14(9-7-13)25(23,24)19-10-4-3-5-11-19/h6-9,12,15H,3-5,10-11H2,1-2H3,(H,18,20)(H,21,22). The Bertz CT molecular complexity index is 722. The molecule has 1 fully saturated rings. The van der Waals surface area contributed by atoms with Crippen LogP contribution in [-0.4, -0.2) is 48.8 Å². The first-order chi connectivity index (χ1) is 11.7. The lowest BCUT2D eigenvalue weighted by molar-refractivity contribution is -0.140. The minimum Gasteiger partial charge on any atom is -0.480 e. The fourth-order valence-corrected chi connectivity index (χ4v) is 4.29. The van der Waals surface area contributed by atoms with Gasteiger partial charge in [0.25, 0.3) is 5.91 Å². The number of rotatable bonds is 6. The van der Waals surface area contributed by atoms with Crippen LogP contribution in [0.15, 0.2) is 29.2 Å². The average Bonchev–Trinajstić information content (AvgIpc) is 2.59. The third-order valence-electron chi connectivity index (χ3n) is 4.29. The van der Waals surface area contributed by atoms with Crippen molar-refractivity contribution in [2.45, 2.75) is 44.0 Å². The summed E-state index contributed by atoms with van der Waals surface area (Å²) in [5, 5.41) is 11.6. The van der Waals surface area contributed by atoms with Gasteiger partial charge in [-0.2, -0.15) is 4.31 Å². The van der Waals surface area contributed by atoms with Gasteiger partial charge in [0, 0.05) is 18.7 Å². The average molecular weight is 368 g/mol. The van der Waals surface area contributed by atoms with Gasteiger partial charge in [0.15, 0.2) is 0 Å². The van der Waals surface area contributed by atoms with Crippen LogP contribution in [-0.2, 0) is 14.8 Å². The number of piperidine rings is 1. The predicted octanol–water partition coefficient (Wildman–Crippen LogP) is 1.70. The molecule has 0 saturated carbocycles. The molecule has 1 aliphatic heterocycles. The summed E-state index contributed by atoms with van der Waals surface area (Å²) < 4.78 is 26.6. The van der Waals surface area contributed by atoms with E-state index < -0.39 is 27.9 Å². The molecule has 2 N–H and O–H groups in total. The number of carbonyl (C=O) groups excluding carboxylic acids is 1. The lowest BCUT2D eigenvalue weighted by Gasteiger charge is -2.25. The Kier molecular flexibility index (Phi) is 6.18. The highest BCUT2D eigenvalue weighted by Gasteiger charge is 2.27. The van der Waals surface area contributed by atoms with Crippen molar-refractivity contribution in [2.24, 2.45) is 5.92 Å². The van der Waals surface area contributed by atoms with Crippen molar-refractivity contribution in [1.82, 2.24) is 9.62 Å². The Morgan fingerprint density at radius 3 is 2.12 bits per heavy atom. The maximum atomic E-state index is 12.6. The summed E-state index contributed by atoms with van der Waals surface area (Å²) in [4.78, 5) is 23.5. The molecule has 1 amide bonds. The van der Waals surface area contributed by atoms with Crippen LogP contribution in [0.3, 0.4) is 0 Å². The van der Waals surface area contributed by atoms with Crippen molar-refractivity contribution in [3.05, 3.63) is 29.8 Å². The van der Waals surface area contributed by atoms with Crippen LogP contribution in [0.1, 0.15) is 43.5 Å². The Labute approximate surface area is 148 Å². The third kappa shape index (κ3) is 4.58. The number of benzene rings is 1. The number of nitrogens with one attached hydrogen (secondary N) is 1. The smallest absolute Gasteiger partial charge is 0.326 e. The van der Waals surface area contributed by atoms with Gasteiger partial charge >= 0.3 is 5.97 Å². The molecule has 0 aliphatic carbocycles. The minimum absolute atomic E-state index is 0.143. The highest BCUT2D eigenvalue weighted by Crippen LogP contribution is 2.21. The van der Waals surface area contributed by atoms with Gasteiger partial charge in [0.2, 0.25) is 10.0 Å². The maximum absolute atomic E-state index is 12.6. The number of hydrogen-bond acceptors (Lipinski definition) is 4. The zero-order valence-corrected chi connectivity index (χ0v) is 15.3. The highest BCUT2D eigenvalue weighted by atomic mass is 32.2. The minimum atomic E-state index is -3.55. The predicted molar refractivity (Wildman–Crippen MR) is 92.8 cm³/mol. The van der Waals surface area contributed by atoms with Crippen molar-refractivity contribution in [1.29, 1.82) is 0 Å². The van der Waals surface area contributed by atoms with Gasteiger partial charge in [-0.25, -0.2) is 13.2 Å². The van der Waals surface area contributed by atoms with E-state index in [4.69, 9.17) is 5.11 Å². The van der Waals surface area contributed by atoms with Crippen molar-refractivity contribution in [3.63, 3.8) is 0 Å². The van der Waals surface area contributed by atoms with E-state index in [1.165, 1.54) is 28.6 Å². The molecule has 0 radical (unpaired) electrons. The van der Waals surface area contributed by atoms with Crippen molar-refractivity contribution < 1.29 is 23.1 Å². The summed E-state index contributed by atoms with van der Waals surface area (Å²) in [7, 11) is -3.55. The number of sulfonamides is 1. The number of aliphatic carboxylic acids is 1. The van der Waals surface area contributed by atoms with Crippen LogP contribution < -0.4 is 5.32 Å². The van der Waals surface area contributed by atoms with E-state index in [0.717, 1.165) is 19.3 Å². The molecule has 0 spiro atoms. The fraction of sp³-hybridized carbons (Fsp3) is 0.529. The van der Waals surface area contributed by atoms with Gasteiger partial charge in [-0.15, -0.1) is 0 Å². The number of carboxylic acid groups (broad SMARTS) is 1. The van der Waals surface area contributed by atoms with E-state index in [1.807, 2.05) is 0 Å². The molecule has 0 aromatic heterocycles. The zero-order chi connectivity index (χ0) is 18.6. The molecule has 1 saturated heterocycles. The van der Waals surface area contributed by atoms with Crippen molar-refractivity contribution in [3.8, 4) is 0 Å². The molecule has 25 heavy (non-hydrogen) atoms. The second-order valence-corrected chi connectivity index (χ2v) is 8.46. The molecule has 1 atom stereocenters. The van der Waals surface area contributed by atoms with Crippen LogP contribution in [0.2, 0.25) is 0 Å². The number of carboxylic acids is 1. The van der Waals surface area contributed by atoms with E-state index in [2.05, 4.69) is 5.32 Å². The quantitative estimate of drug-likeness (QED) is 0.795. The normalized spacial score (nSPS) is 17.2. The molecular formula is C17H24N2O5S. The van der Waals surface area contributed by atoms with Gasteiger partial charge in [-0.3, -0.25) is 4.79 Å². The molecule has 1 aliphatic rings. The third-order valence-corrected chi connectivity index (χ3v) is 6.20. The lowest BCUT2D eigenvalue weighted by Crippen LogP contribution is -2.44. The first kappa shape index (κ1) is 19.4. The van der Waals surface area contributed by atoms with E-state index in [1.54, 1.807) is 13.8 Å². The molecular weight excluding hydrogens is 344 g/mol. The van der Waals surface area contributed by atoms with Gasteiger partial charge in [0.05, 0.1) is 4.90 Å². The topological polar surface area (TPSA) is 104 Å². The van der Waals surface area contributed by atoms with Gasteiger partial charge < -0.3 is 10.4 Å². The second kappa shape index (κ2) is 7.97. The van der Waals surface area contributed by atoms with Crippen LogP contribution >= 0.6 is 0 Å². The summed E-state index contributed by atoms with van der Waals surface area (Å²) in [6.45, 7) is 4.43. The molecule has 7 nitrogen and oxygen atoms in total. The summed E-state index contributed by atoms with van der Waals surface area (Å²) in [6, 6.07) is 4.61. The lowest BCUT2D eigenvalue weighted by atomic mass is 10.0. The first-order valence-corrected chi connectivity index (χ1v) is 9.81. The van der Waals surface area contributed by atoms with Crippen LogP contribution in [0.4, 0.5) is 0 Å². The molecule has 2 rings (SSSR count). The number of hydrogen-bond donors (Lipinski definition) is 2. The highest BCUT2D eigenvalue weighted by molar-refractivity contribution is 7.89. The SMILES string of the molecule is CC(C)C(NC(=O)c1ccc(S(=O)(=O)N2CCCCC2)cc1)C(=O)O. The Morgan fingerprint density at radius 1 is 1.08 bits per heavy atom. The molecule has 8 heteroatoms. The maximum Gasteiger partial charge on any atom is 0.326 e. The molecule has 1 unspecified atom stereocenters. The molecule has 1 aromatic rings. The monoisotopic (exact) mass is 368 g/mol. The largest absolute Gasteiger partial charge is 0.480 e. The Morgan fingerprint density at radius 2 is 1.64 bits per heavy atom. The van der Waals surface area contributed by atoms with E-state index in [9.17, 15) is 18.0 Å². The second-order valence-electron chi connectivity index (χ2n) is 6.52. The van der Waals surface area contributed by atoms with Crippen LogP contribution in [0.25, 0.3) is 0 Å². The number of amides is 1. The van der Waals surface area contributed by atoms with Gasteiger partial charge in [-0.05, 0) is 43.0 Å². The zero-order valence-electron chi connectivity index (χ0n) is 14.4. The van der Waals surface area contributed by atoms with Crippen LogP contribution in [0, 0.1) is 5.92 Å². The molecule has 1 aromatic carbocycles. The summed E-state index contributed by atoms with van der Waals surface area (Å²) in [5.74, 6) is -1.91. The van der Waals surface area contributed by atoms with E-state index >= 15 is 0 Å². The summed E-state index contributed by atoms with van der Waals surface area (Å²) in [5.41, 5.74) is 0.226. The van der Waals surface area contributed by atoms with Crippen LogP contribution in [0.5, 0.6) is 0 Å². The van der Waals surface area contributed by atoms with Gasteiger partial charge in [-0.1, -0.05) is 20.3 Å². The molecule has 1 heterocycles. The fourth-order valence-electron chi connectivity index (χ4n) is 2.77. The van der Waals surface area contributed by atoms with E-state index in [-0.39, 0.29) is 16.4 Å². The molecule has 138 valence electrons. The van der Waals surface area contributed by atoms with Crippen molar-refractivity contribution in [2.75, 3.05) is 13.1 Å². The number of nitrogens with zero attached hydrogens (tertiary/aromatic N) is 1. The Hall–Kier alpha value is -1.93. The van der Waals surface area contributed by atoms with E-state index in [0.29, 0.717) is 13.1 Å². The Balaban J connectivity index is 2.13. The van der Waals surface area contributed by atoms with Gasteiger partial charge in [0.1, 0.15) is 6.04 Å². The number of carbonyl (C=O) groups is 2. The first-order valence-electron chi connectivity index (χ1n) is 8.37. The molecule has 0 bridgehead atoms. The summed E-state index contributed by atoms with van der Waals surface area (Å²) in [6.07, 6.45) is 2.74. The summed E-state index contributed by atoms with van der Waals surface area (Å²) >= 11 is 0. The van der Waals surface area contributed by atoms with Crippen molar-refractivity contribution >= 4 is 21.9 Å².